The Labute approximate surface area is 260 Å². The van der Waals surface area contributed by atoms with Gasteiger partial charge in [0.1, 0.15) is 12.2 Å². The van der Waals surface area contributed by atoms with Crippen molar-refractivity contribution in [2.24, 2.45) is 0 Å². The Balaban J connectivity index is 1.15. The summed E-state index contributed by atoms with van der Waals surface area (Å²) >= 11 is 0. The number of nitrogens with one attached hydrogen (secondary N) is 1. The number of aromatic nitrogens is 2. The fourth-order valence-electron chi connectivity index (χ4n) is 5.49. The van der Waals surface area contributed by atoms with Gasteiger partial charge >= 0.3 is 12.2 Å². The van der Waals surface area contributed by atoms with Gasteiger partial charge in [-0.2, -0.15) is 4.98 Å². The molecule has 0 saturated carbocycles. The molecule has 12 nitrogen and oxygen atoms in total. The molecule has 2 amide bonds. The minimum atomic E-state index is -0.486. The number of amides is 2. The lowest BCUT2D eigenvalue weighted by molar-refractivity contribution is -0.164. The van der Waals surface area contributed by atoms with Crippen molar-refractivity contribution in [2.75, 3.05) is 49.6 Å². The highest BCUT2D eigenvalue weighted by Crippen LogP contribution is 2.29. The third-order valence-electron chi connectivity index (χ3n) is 7.98. The number of carbonyl (C=O) groups is 2. The minimum Gasteiger partial charge on any atom is -0.444 e. The highest BCUT2D eigenvalue weighted by Gasteiger charge is 2.33. The van der Waals surface area contributed by atoms with Crippen LogP contribution in [-0.2, 0) is 32.1 Å². The first-order valence-corrected chi connectivity index (χ1v) is 15.7. The van der Waals surface area contributed by atoms with E-state index in [2.05, 4.69) is 46.4 Å². The van der Waals surface area contributed by atoms with E-state index < -0.39 is 11.7 Å². The van der Waals surface area contributed by atoms with Gasteiger partial charge in [0.2, 0.25) is 5.95 Å². The molecule has 0 radical (unpaired) electrons. The lowest BCUT2D eigenvalue weighted by Gasteiger charge is -2.35. The SMILES string of the molecule is C[C@H](Nc1ncc2c(n1)N([C@H](C)COC1CCCCO1)C(=O)OC2)c1ccc(CN2CCN(C(=O)OC(C)(C)C)CC2)cc1. The maximum absolute atomic E-state index is 12.8. The maximum Gasteiger partial charge on any atom is 0.416 e. The van der Waals surface area contributed by atoms with Gasteiger partial charge in [0.25, 0.3) is 0 Å². The van der Waals surface area contributed by atoms with Crippen LogP contribution in [0.2, 0.25) is 0 Å². The van der Waals surface area contributed by atoms with Crippen LogP contribution in [0.5, 0.6) is 0 Å². The van der Waals surface area contributed by atoms with Crippen molar-refractivity contribution in [1.29, 1.82) is 0 Å². The molecule has 3 aliphatic heterocycles. The number of nitrogens with zero attached hydrogens (tertiary/aromatic N) is 5. The lowest BCUT2D eigenvalue weighted by Crippen LogP contribution is -2.49. The number of piperazine rings is 1. The summed E-state index contributed by atoms with van der Waals surface area (Å²) < 4.78 is 22.5. The van der Waals surface area contributed by atoms with E-state index in [-0.39, 0.29) is 31.1 Å². The van der Waals surface area contributed by atoms with E-state index in [0.717, 1.165) is 50.0 Å². The largest absolute Gasteiger partial charge is 0.444 e. The Hall–Kier alpha value is -3.48. The fourth-order valence-corrected chi connectivity index (χ4v) is 5.49. The molecule has 1 aromatic heterocycles. The van der Waals surface area contributed by atoms with E-state index in [4.69, 9.17) is 23.9 Å². The Morgan fingerprint density at radius 2 is 1.86 bits per heavy atom. The van der Waals surface area contributed by atoms with Crippen molar-refractivity contribution in [2.45, 2.75) is 91.0 Å². The standard InChI is InChI=1S/C32H46N6O6/c1-22(20-42-27-8-6-7-17-41-27)38-28-26(21-43-31(38)40)18-33-29(35-28)34-23(2)25-11-9-24(10-12-25)19-36-13-15-37(16-14-36)30(39)44-32(3,4)5/h9-12,18,22-23,27H,6-8,13-17,19-21H2,1-5H3,(H,33,34,35)/t22-,23+,27?/m1/s1. The third kappa shape index (κ3) is 8.36. The first-order valence-electron chi connectivity index (χ1n) is 15.7. The summed E-state index contributed by atoms with van der Waals surface area (Å²) in [6.45, 7) is 14.5. The number of hydrogen-bond acceptors (Lipinski definition) is 10. The Morgan fingerprint density at radius 3 is 2.55 bits per heavy atom. The predicted molar refractivity (Wildman–Crippen MR) is 165 cm³/mol. The first kappa shape index (κ1) is 31.9. The number of hydrogen-bond donors (Lipinski definition) is 1. The Morgan fingerprint density at radius 1 is 1.11 bits per heavy atom. The van der Waals surface area contributed by atoms with Crippen LogP contribution in [-0.4, -0.2) is 89.3 Å². The minimum absolute atomic E-state index is 0.0623. The molecule has 3 aliphatic rings. The van der Waals surface area contributed by atoms with E-state index in [0.29, 0.717) is 38.1 Å². The zero-order chi connectivity index (χ0) is 31.3. The molecule has 2 fully saturated rings. The van der Waals surface area contributed by atoms with E-state index in [1.165, 1.54) is 5.56 Å². The topological polar surface area (TPSA) is 119 Å². The summed E-state index contributed by atoms with van der Waals surface area (Å²) in [4.78, 5) is 40.0. The van der Waals surface area contributed by atoms with Crippen LogP contribution in [0.4, 0.5) is 21.4 Å². The quantitative estimate of drug-likeness (QED) is 0.411. The van der Waals surface area contributed by atoms with Crippen molar-refractivity contribution < 1.29 is 28.5 Å². The summed E-state index contributed by atoms with van der Waals surface area (Å²) in [6.07, 6.45) is 3.76. The van der Waals surface area contributed by atoms with Crippen LogP contribution in [0, 0.1) is 0 Å². The smallest absolute Gasteiger partial charge is 0.416 e. The molecule has 2 aromatic rings. The number of benzene rings is 1. The molecule has 2 saturated heterocycles. The average molecular weight is 611 g/mol. The molecule has 4 heterocycles. The average Bonchev–Trinajstić information content (AvgIpc) is 3.00. The summed E-state index contributed by atoms with van der Waals surface area (Å²) in [5, 5.41) is 3.39. The Kier molecular flexibility index (Phi) is 10.2. The van der Waals surface area contributed by atoms with Gasteiger partial charge in [-0.3, -0.25) is 9.80 Å². The first-order chi connectivity index (χ1) is 21.1. The zero-order valence-corrected chi connectivity index (χ0v) is 26.6. The van der Waals surface area contributed by atoms with E-state index in [1.807, 2.05) is 27.7 Å². The molecule has 0 spiro atoms. The second kappa shape index (κ2) is 14.1. The van der Waals surface area contributed by atoms with E-state index in [1.54, 1.807) is 16.0 Å². The van der Waals surface area contributed by atoms with Crippen molar-refractivity contribution in [1.82, 2.24) is 19.8 Å². The molecule has 240 valence electrons. The summed E-state index contributed by atoms with van der Waals surface area (Å²) in [5.74, 6) is 0.973. The highest BCUT2D eigenvalue weighted by atomic mass is 16.7. The van der Waals surface area contributed by atoms with Crippen LogP contribution in [0.15, 0.2) is 30.5 Å². The number of ether oxygens (including phenoxy) is 4. The van der Waals surface area contributed by atoms with Gasteiger partial charge in [0, 0.05) is 45.5 Å². The predicted octanol–water partition coefficient (Wildman–Crippen LogP) is 5.09. The summed E-state index contributed by atoms with van der Waals surface area (Å²) in [7, 11) is 0. The van der Waals surface area contributed by atoms with Crippen molar-refractivity contribution >= 4 is 24.0 Å². The fraction of sp³-hybridized carbons (Fsp3) is 0.625. The van der Waals surface area contributed by atoms with Gasteiger partial charge in [-0.05, 0) is 65.0 Å². The van der Waals surface area contributed by atoms with Gasteiger partial charge in [0.05, 0.1) is 24.3 Å². The number of anilines is 2. The molecule has 1 aromatic carbocycles. The Bertz CT molecular complexity index is 1270. The molecule has 3 atom stereocenters. The van der Waals surface area contributed by atoms with Crippen LogP contribution in [0.25, 0.3) is 0 Å². The van der Waals surface area contributed by atoms with Crippen molar-refractivity contribution in [3.05, 3.63) is 47.2 Å². The zero-order valence-electron chi connectivity index (χ0n) is 26.6. The van der Waals surface area contributed by atoms with Crippen LogP contribution in [0.1, 0.15) is 76.6 Å². The molecule has 1 N–H and O–H groups in total. The monoisotopic (exact) mass is 610 g/mol. The van der Waals surface area contributed by atoms with Crippen LogP contribution >= 0.6 is 0 Å². The molecule has 5 rings (SSSR count). The molecular weight excluding hydrogens is 564 g/mol. The number of fused-ring (bicyclic) bond motifs is 1. The van der Waals surface area contributed by atoms with Gasteiger partial charge in [-0.25, -0.2) is 14.6 Å². The molecule has 0 aliphatic carbocycles. The van der Waals surface area contributed by atoms with Crippen LogP contribution < -0.4 is 10.2 Å². The normalized spacial score (nSPS) is 20.8. The molecule has 12 heteroatoms. The van der Waals surface area contributed by atoms with E-state index in [9.17, 15) is 9.59 Å². The molecule has 0 bridgehead atoms. The molecule has 44 heavy (non-hydrogen) atoms. The van der Waals surface area contributed by atoms with Gasteiger partial charge in [-0.1, -0.05) is 24.3 Å². The molecule has 1 unspecified atom stereocenters. The van der Waals surface area contributed by atoms with Gasteiger partial charge in [-0.15, -0.1) is 0 Å². The van der Waals surface area contributed by atoms with Crippen molar-refractivity contribution in [3.8, 4) is 0 Å². The second-order valence-electron chi connectivity index (χ2n) is 12.8. The summed E-state index contributed by atoms with van der Waals surface area (Å²) in [6, 6.07) is 8.14. The highest BCUT2D eigenvalue weighted by molar-refractivity contribution is 5.89. The third-order valence-corrected chi connectivity index (χ3v) is 7.98. The maximum atomic E-state index is 12.8. The van der Waals surface area contributed by atoms with Crippen molar-refractivity contribution in [3.63, 3.8) is 0 Å². The van der Waals surface area contributed by atoms with E-state index >= 15 is 0 Å². The van der Waals surface area contributed by atoms with Gasteiger partial charge in [0.15, 0.2) is 12.1 Å². The summed E-state index contributed by atoms with van der Waals surface area (Å²) in [5.41, 5.74) is 2.57. The number of rotatable bonds is 9. The number of cyclic esters (lactones) is 1. The molecular formula is C32H46N6O6. The lowest BCUT2D eigenvalue weighted by atomic mass is 10.1. The number of carbonyl (C=O) groups excluding carboxylic acids is 2. The second-order valence-corrected chi connectivity index (χ2v) is 12.8. The van der Waals surface area contributed by atoms with Crippen LogP contribution in [0.3, 0.4) is 0 Å². The van der Waals surface area contributed by atoms with Gasteiger partial charge < -0.3 is 29.2 Å².